The summed E-state index contributed by atoms with van der Waals surface area (Å²) in [5, 5.41) is 10.9. The van der Waals surface area contributed by atoms with Crippen LogP contribution in [0.2, 0.25) is 10.0 Å². The maximum absolute atomic E-state index is 9.77. The minimum Gasteiger partial charge on any atom is -0.388 e. The summed E-state index contributed by atoms with van der Waals surface area (Å²) >= 11 is 11.7. The van der Waals surface area contributed by atoms with Gasteiger partial charge in [-0.3, -0.25) is 0 Å². The van der Waals surface area contributed by atoms with Crippen molar-refractivity contribution in [2.45, 2.75) is 18.9 Å². The van der Waals surface area contributed by atoms with E-state index in [4.69, 9.17) is 23.2 Å². The lowest BCUT2D eigenvalue weighted by Gasteiger charge is -2.11. The van der Waals surface area contributed by atoms with Crippen LogP contribution in [0.25, 0.3) is 0 Å². The van der Waals surface area contributed by atoms with Gasteiger partial charge in [0.2, 0.25) is 0 Å². The second-order valence-electron chi connectivity index (χ2n) is 3.05. The third-order valence-electron chi connectivity index (χ3n) is 1.96. The lowest BCUT2D eigenvalue weighted by Crippen LogP contribution is -1.97. The summed E-state index contributed by atoms with van der Waals surface area (Å²) in [6.45, 7) is 3.60. The molecule has 14 heavy (non-hydrogen) atoms. The summed E-state index contributed by atoms with van der Waals surface area (Å²) in [5.74, 6) is 0. The maximum atomic E-state index is 9.77. The van der Waals surface area contributed by atoms with Gasteiger partial charge in [0.05, 0.1) is 6.10 Å². The highest BCUT2D eigenvalue weighted by Crippen LogP contribution is 2.28. The molecule has 1 atom stereocenters. The molecular formula is C11H12Cl2O. The van der Waals surface area contributed by atoms with Gasteiger partial charge in [-0.25, -0.2) is 0 Å². The number of hydrogen-bond donors (Lipinski definition) is 1. The third kappa shape index (κ3) is 3.02. The van der Waals surface area contributed by atoms with E-state index in [1.807, 2.05) is 0 Å². The third-order valence-corrected chi connectivity index (χ3v) is 2.54. The van der Waals surface area contributed by atoms with E-state index < -0.39 is 6.10 Å². The molecule has 1 N–H and O–H groups in total. The van der Waals surface area contributed by atoms with Crippen LogP contribution in [0, 0.1) is 0 Å². The average molecular weight is 231 g/mol. The monoisotopic (exact) mass is 230 g/mol. The van der Waals surface area contributed by atoms with Gasteiger partial charge in [0.25, 0.3) is 0 Å². The molecule has 0 radical (unpaired) electrons. The number of benzene rings is 1. The topological polar surface area (TPSA) is 20.2 Å². The number of rotatable bonds is 4. The predicted molar refractivity (Wildman–Crippen MR) is 60.9 cm³/mol. The molecule has 1 unspecified atom stereocenters. The summed E-state index contributed by atoms with van der Waals surface area (Å²) in [7, 11) is 0. The van der Waals surface area contributed by atoms with Crippen molar-refractivity contribution >= 4 is 23.2 Å². The number of hydrogen-bond acceptors (Lipinski definition) is 1. The van der Waals surface area contributed by atoms with E-state index in [0.29, 0.717) is 22.0 Å². The van der Waals surface area contributed by atoms with E-state index in [0.717, 1.165) is 6.42 Å². The molecule has 0 spiro atoms. The summed E-state index contributed by atoms with van der Waals surface area (Å²) < 4.78 is 0. The number of allylic oxidation sites excluding steroid dienone is 1. The molecule has 0 aliphatic heterocycles. The van der Waals surface area contributed by atoms with Gasteiger partial charge in [-0.15, -0.1) is 6.58 Å². The molecular weight excluding hydrogens is 219 g/mol. The van der Waals surface area contributed by atoms with Gasteiger partial charge in [-0.2, -0.15) is 0 Å². The van der Waals surface area contributed by atoms with Crippen molar-refractivity contribution in [3.8, 4) is 0 Å². The van der Waals surface area contributed by atoms with Crippen LogP contribution in [0.5, 0.6) is 0 Å². The SMILES string of the molecule is C=CCCC(O)c1cc(Cl)ccc1Cl. The number of aliphatic hydroxyl groups is 1. The van der Waals surface area contributed by atoms with Crippen LogP contribution in [-0.2, 0) is 0 Å². The molecule has 1 nitrogen and oxygen atoms in total. The highest BCUT2D eigenvalue weighted by Gasteiger charge is 2.10. The van der Waals surface area contributed by atoms with E-state index in [2.05, 4.69) is 6.58 Å². The van der Waals surface area contributed by atoms with E-state index >= 15 is 0 Å². The Hall–Kier alpha value is -0.500. The molecule has 3 heteroatoms. The highest BCUT2D eigenvalue weighted by atomic mass is 35.5. The van der Waals surface area contributed by atoms with Crippen LogP contribution in [0.4, 0.5) is 0 Å². The molecule has 0 aliphatic carbocycles. The Labute approximate surface area is 94.0 Å². The van der Waals surface area contributed by atoms with Crippen LogP contribution >= 0.6 is 23.2 Å². The zero-order valence-corrected chi connectivity index (χ0v) is 9.22. The molecule has 0 aromatic heterocycles. The summed E-state index contributed by atoms with van der Waals surface area (Å²) in [6.07, 6.45) is 2.56. The fourth-order valence-corrected chi connectivity index (χ4v) is 1.63. The van der Waals surface area contributed by atoms with Gasteiger partial charge in [0.15, 0.2) is 0 Å². The zero-order chi connectivity index (χ0) is 10.6. The van der Waals surface area contributed by atoms with Crippen molar-refractivity contribution < 1.29 is 5.11 Å². The van der Waals surface area contributed by atoms with E-state index in [9.17, 15) is 5.11 Å². The Bertz CT molecular complexity index is 323. The van der Waals surface area contributed by atoms with Gasteiger partial charge in [0, 0.05) is 15.6 Å². The molecule has 0 heterocycles. The summed E-state index contributed by atoms with van der Waals surface area (Å²) in [6, 6.07) is 5.08. The minimum atomic E-state index is -0.570. The highest BCUT2D eigenvalue weighted by molar-refractivity contribution is 6.33. The van der Waals surface area contributed by atoms with Crippen molar-refractivity contribution in [3.63, 3.8) is 0 Å². The van der Waals surface area contributed by atoms with E-state index in [1.54, 1.807) is 24.3 Å². The molecule has 0 fully saturated rings. The van der Waals surface area contributed by atoms with Gasteiger partial charge in [0.1, 0.15) is 0 Å². The first-order valence-corrected chi connectivity index (χ1v) is 5.14. The molecule has 0 bridgehead atoms. The second kappa shape index (κ2) is 5.40. The standard InChI is InChI=1S/C11H12Cl2O/c1-2-3-4-11(14)9-7-8(12)5-6-10(9)13/h2,5-7,11,14H,1,3-4H2. The van der Waals surface area contributed by atoms with E-state index in [-0.39, 0.29) is 0 Å². The largest absolute Gasteiger partial charge is 0.388 e. The molecule has 0 amide bonds. The fraction of sp³-hybridized carbons (Fsp3) is 0.273. The Balaban J connectivity index is 2.82. The van der Waals surface area contributed by atoms with Crippen molar-refractivity contribution in [2.24, 2.45) is 0 Å². The molecule has 0 saturated heterocycles. The zero-order valence-electron chi connectivity index (χ0n) is 7.71. The quantitative estimate of drug-likeness (QED) is 0.776. The van der Waals surface area contributed by atoms with Gasteiger partial charge in [-0.1, -0.05) is 29.3 Å². The molecule has 0 saturated carbocycles. The lowest BCUT2D eigenvalue weighted by atomic mass is 10.1. The van der Waals surface area contributed by atoms with Crippen molar-refractivity contribution in [1.82, 2.24) is 0 Å². The molecule has 76 valence electrons. The number of halogens is 2. The summed E-state index contributed by atoms with van der Waals surface area (Å²) in [5.41, 5.74) is 0.681. The average Bonchev–Trinajstić information content (AvgIpc) is 2.18. The van der Waals surface area contributed by atoms with Crippen LogP contribution in [0.15, 0.2) is 30.9 Å². The second-order valence-corrected chi connectivity index (χ2v) is 3.89. The van der Waals surface area contributed by atoms with Crippen LogP contribution in [-0.4, -0.2) is 5.11 Å². The smallest absolute Gasteiger partial charge is 0.0807 e. The Kier molecular flexibility index (Phi) is 4.46. The van der Waals surface area contributed by atoms with Crippen molar-refractivity contribution in [3.05, 3.63) is 46.5 Å². The van der Waals surface area contributed by atoms with Crippen molar-refractivity contribution in [2.75, 3.05) is 0 Å². The van der Waals surface area contributed by atoms with E-state index in [1.165, 1.54) is 0 Å². The Morgan fingerprint density at radius 2 is 2.14 bits per heavy atom. The first-order chi connectivity index (χ1) is 6.65. The summed E-state index contributed by atoms with van der Waals surface area (Å²) in [4.78, 5) is 0. The molecule has 1 aromatic rings. The molecule has 0 aliphatic rings. The first kappa shape index (κ1) is 11.6. The van der Waals surface area contributed by atoms with Crippen LogP contribution in [0.1, 0.15) is 24.5 Å². The number of aliphatic hydroxyl groups excluding tert-OH is 1. The molecule has 1 rings (SSSR count). The minimum absolute atomic E-state index is 0.547. The van der Waals surface area contributed by atoms with Crippen LogP contribution in [0.3, 0.4) is 0 Å². The van der Waals surface area contributed by atoms with Gasteiger partial charge in [-0.05, 0) is 31.0 Å². The predicted octanol–water partition coefficient (Wildman–Crippen LogP) is 3.99. The normalized spacial score (nSPS) is 12.5. The van der Waals surface area contributed by atoms with Gasteiger partial charge < -0.3 is 5.11 Å². The van der Waals surface area contributed by atoms with Gasteiger partial charge >= 0.3 is 0 Å². The van der Waals surface area contributed by atoms with Crippen LogP contribution < -0.4 is 0 Å². The maximum Gasteiger partial charge on any atom is 0.0807 e. The Morgan fingerprint density at radius 1 is 1.43 bits per heavy atom. The van der Waals surface area contributed by atoms with Crippen molar-refractivity contribution in [1.29, 1.82) is 0 Å². The fourth-order valence-electron chi connectivity index (χ4n) is 1.20. The first-order valence-electron chi connectivity index (χ1n) is 4.39. The Morgan fingerprint density at radius 3 is 2.79 bits per heavy atom. The lowest BCUT2D eigenvalue weighted by molar-refractivity contribution is 0.169. The molecule has 1 aromatic carbocycles.